The molecule has 0 saturated heterocycles. The summed E-state index contributed by atoms with van der Waals surface area (Å²) in [6.45, 7) is 0. The number of aliphatic hydroxyl groups is 1. The summed E-state index contributed by atoms with van der Waals surface area (Å²) in [6, 6.07) is 4.44. The van der Waals surface area contributed by atoms with Crippen LogP contribution in [0.3, 0.4) is 0 Å². The van der Waals surface area contributed by atoms with E-state index in [9.17, 15) is 14.7 Å². The molecule has 0 aliphatic rings. The van der Waals surface area contributed by atoms with Crippen LogP contribution in [0.1, 0.15) is 11.6 Å². The van der Waals surface area contributed by atoms with Gasteiger partial charge < -0.3 is 15.3 Å². The van der Waals surface area contributed by atoms with Crippen molar-refractivity contribution in [2.45, 2.75) is 12.0 Å². The summed E-state index contributed by atoms with van der Waals surface area (Å²) in [7, 11) is 0. The lowest BCUT2D eigenvalue weighted by Gasteiger charge is -2.14. The number of aromatic nitrogens is 1. The molecule has 6 nitrogen and oxygen atoms in total. The predicted molar refractivity (Wildman–Crippen MR) is 48.3 cm³/mol. The number of rotatable bonds is 4. The van der Waals surface area contributed by atoms with E-state index in [0.717, 1.165) is 0 Å². The lowest BCUT2D eigenvalue weighted by molar-refractivity contribution is -0.155. The fraction of sp³-hybridized carbons (Fsp3) is 0.222. The fourth-order valence-corrected chi connectivity index (χ4v) is 1.13. The number of carboxylic acid groups (broad SMARTS) is 2. The summed E-state index contributed by atoms with van der Waals surface area (Å²) in [4.78, 5) is 25.0. The second-order valence-electron chi connectivity index (χ2n) is 2.85. The zero-order chi connectivity index (χ0) is 11.4. The van der Waals surface area contributed by atoms with Gasteiger partial charge in [0.05, 0.1) is 5.69 Å². The van der Waals surface area contributed by atoms with E-state index in [-0.39, 0.29) is 5.69 Å². The summed E-state index contributed by atoms with van der Waals surface area (Å²) in [5, 5.41) is 26.5. The normalized spacial score (nSPS) is 14.2. The molecule has 1 heterocycles. The molecule has 0 aliphatic carbocycles. The zero-order valence-electron chi connectivity index (χ0n) is 7.57. The third-order valence-electron chi connectivity index (χ3n) is 1.84. The first-order valence-corrected chi connectivity index (χ1v) is 4.08. The molecule has 3 N–H and O–H groups in total. The third kappa shape index (κ3) is 2.50. The lowest BCUT2D eigenvalue weighted by Crippen LogP contribution is -2.33. The van der Waals surface area contributed by atoms with E-state index >= 15 is 0 Å². The maximum absolute atomic E-state index is 10.8. The van der Waals surface area contributed by atoms with Crippen molar-refractivity contribution in [2.24, 2.45) is 0 Å². The van der Waals surface area contributed by atoms with Gasteiger partial charge in [-0.3, -0.25) is 9.78 Å². The first-order chi connectivity index (χ1) is 7.04. The summed E-state index contributed by atoms with van der Waals surface area (Å²) in [5.41, 5.74) is 0.0138. The highest BCUT2D eigenvalue weighted by molar-refractivity contribution is 5.85. The summed E-state index contributed by atoms with van der Waals surface area (Å²) in [5.74, 6) is -4.57. The number of carboxylic acids is 2. The largest absolute Gasteiger partial charge is 0.481 e. The SMILES string of the molecule is O=C(O)C(O)C(C(=O)O)c1ccccn1. The average molecular weight is 211 g/mol. The Labute approximate surface area is 84.8 Å². The minimum atomic E-state index is -2.00. The number of aliphatic hydroxyl groups excluding tert-OH is 1. The molecule has 0 radical (unpaired) electrons. The van der Waals surface area contributed by atoms with Crippen LogP contribution in [0.4, 0.5) is 0 Å². The molecule has 0 aliphatic heterocycles. The van der Waals surface area contributed by atoms with Crippen LogP contribution in [-0.2, 0) is 9.59 Å². The molecule has 2 atom stereocenters. The van der Waals surface area contributed by atoms with E-state index < -0.39 is 24.0 Å². The van der Waals surface area contributed by atoms with Crippen LogP contribution in [0.5, 0.6) is 0 Å². The van der Waals surface area contributed by atoms with E-state index in [4.69, 9.17) is 10.2 Å². The van der Waals surface area contributed by atoms with Crippen LogP contribution < -0.4 is 0 Å². The number of aliphatic carboxylic acids is 2. The lowest BCUT2D eigenvalue weighted by atomic mass is 9.98. The van der Waals surface area contributed by atoms with Gasteiger partial charge in [-0.25, -0.2) is 4.79 Å². The van der Waals surface area contributed by atoms with Crippen molar-refractivity contribution >= 4 is 11.9 Å². The molecule has 0 aromatic carbocycles. The number of nitrogens with zero attached hydrogens (tertiary/aromatic N) is 1. The molecule has 0 bridgehead atoms. The van der Waals surface area contributed by atoms with E-state index in [2.05, 4.69) is 4.98 Å². The highest BCUT2D eigenvalue weighted by Crippen LogP contribution is 2.17. The Morgan fingerprint density at radius 2 is 1.87 bits per heavy atom. The fourth-order valence-electron chi connectivity index (χ4n) is 1.13. The van der Waals surface area contributed by atoms with Gasteiger partial charge in [-0.15, -0.1) is 0 Å². The van der Waals surface area contributed by atoms with Crippen LogP contribution in [0.15, 0.2) is 24.4 Å². The van der Waals surface area contributed by atoms with Gasteiger partial charge in [0.15, 0.2) is 6.10 Å². The molecule has 15 heavy (non-hydrogen) atoms. The summed E-state index contributed by atoms with van der Waals surface area (Å²) in [6.07, 6.45) is -0.669. The van der Waals surface area contributed by atoms with Crippen molar-refractivity contribution < 1.29 is 24.9 Å². The standard InChI is InChI=1S/C9H9NO5/c11-7(9(14)15)6(8(12)13)5-3-1-2-4-10-5/h1-4,6-7,11H,(H,12,13)(H,14,15). The van der Waals surface area contributed by atoms with E-state index in [1.807, 2.05) is 0 Å². The Morgan fingerprint density at radius 3 is 2.27 bits per heavy atom. The second kappa shape index (κ2) is 4.52. The van der Waals surface area contributed by atoms with Gasteiger partial charge in [-0.05, 0) is 12.1 Å². The van der Waals surface area contributed by atoms with E-state index in [1.165, 1.54) is 18.3 Å². The van der Waals surface area contributed by atoms with Gasteiger partial charge in [-0.1, -0.05) is 6.07 Å². The third-order valence-corrected chi connectivity index (χ3v) is 1.84. The molecule has 2 unspecified atom stereocenters. The molecule has 1 aromatic rings. The first kappa shape index (κ1) is 11.1. The summed E-state index contributed by atoms with van der Waals surface area (Å²) < 4.78 is 0. The van der Waals surface area contributed by atoms with Gasteiger partial charge in [0.2, 0.25) is 0 Å². The van der Waals surface area contributed by atoms with Crippen molar-refractivity contribution in [3.63, 3.8) is 0 Å². The smallest absolute Gasteiger partial charge is 0.333 e. The van der Waals surface area contributed by atoms with Crippen LogP contribution in [-0.4, -0.2) is 38.3 Å². The van der Waals surface area contributed by atoms with Crippen LogP contribution in [0.2, 0.25) is 0 Å². The number of hydrogen-bond donors (Lipinski definition) is 3. The molecular formula is C9H9NO5. The molecule has 1 aromatic heterocycles. The quantitative estimate of drug-likeness (QED) is 0.630. The van der Waals surface area contributed by atoms with Gasteiger partial charge in [-0.2, -0.15) is 0 Å². The number of carbonyl (C=O) groups is 2. The number of pyridine rings is 1. The van der Waals surface area contributed by atoms with Crippen LogP contribution in [0.25, 0.3) is 0 Å². The molecule has 0 fully saturated rings. The summed E-state index contributed by atoms with van der Waals surface area (Å²) >= 11 is 0. The molecule has 80 valence electrons. The maximum Gasteiger partial charge on any atom is 0.333 e. The molecular weight excluding hydrogens is 202 g/mol. The minimum Gasteiger partial charge on any atom is -0.481 e. The minimum absolute atomic E-state index is 0.0138. The van der Waals surface area contributed by atoms with Crippen molar-refractivity contribution in [3.05, 3.63) is 30.1 Å². The van der Waals surface area contributed by atoms with Gasteiger partial charge in [0, 0.05) is 6.20 Å². The van der Waals surface area contributed by atoms with E-state index in [1.54, 1.807) is 6.07 Å². The molecule has 0 spiro atoms. The average Bonchev–Trinajstić information content (AvgIpc) is 2.18. The zero-order valence-corrected chi connectivity index (χ0v) is 7.57. The Hall–Kier alpha value is -1.95. The van der Waals surface area contributed by atoms with E-state index in [0.29, 0.717) is 0 Å². The van der Waals surface area contributed by atoms with Crippen LogP contribution in [0, 0.1) is 0 Å². The van der Waals surface area contributed by atoms with Crippen molar-refractivity contribution in [1.29, 1.82) is 0 Å². The maximum atomic E-state index is 10.8. The Morgan fingerprint density at radius 1 is 1.20 bits per heavy atom. The van der Waals surface area contributed by atoms with Gasteiger partial charge in [0.25, 0.3) is 0 Å². The molecule has 6 heteroatoms. The second-order valence-corrected chi connectivity index (χ2v) is 2.85. The molecule has 1 rings (SSSR count). The predicted octanol–water partition coefficient (Wildman–Crippen LogP) is -0.305. The highest BCUT2D eigenvalue weighted by atomic mass is 16.4. The Kier molecular flexibility index (Phi) is 3.35. The van der Waals surface area contributed by atoms with Crippen molar-refractivity contribution in [3.8, 4) is 0 Å². The molecule has 0 saturated carbocycles. The Balaban J connectivity index is 3.04. The van der Waals surface area contributed by atoms with Crippen LogP contribution >= 0.6 is 0 Å². The van der Waals surface area contributed by atoms with Crippen molar-refractivity contribution in [2.75, 3.05) is 0 Å². The first-order valence-electron chi connectivity index (χ1n) is 4.08. The van der Waals surface area contributed by atoms with Gasteiger partial charge in [0.1, 0.15) is 5.92 Å². The number of hydrogen-bond acceptors (Lipinski definition) is 4. The highest BCUT2D eigenvalue weighted by Gasteiger charge is 2.34. The monoisotopic (exact) mass is 211 g/mol. The Bertz CT molecular complexity index is 364. The van der Waals surface area contributed by atoms with Crippen molar-refractivity contribution in [1.82, 2.24) is 4.98 Å². The van der Waals surface area contributed by atoms with Gasteiger partial charge >= 0.3 is 11.9 Å². The topological polar surface area (TPSA) is 108 Å². The molecule has 0 amide bonds.